The lowest BCUT2D eigenvalue weighted by molar-refractivity contribution is -0.135. The van der Waals surface area contributed by atoms with Gasteiger partial charge in [0.2, 0.25) is 5.91 Å². The molecule has 1 saturated heterocycles. The van der Waals surface area contributed by atoms with Crippen LogP contribution in [-0.4, -0.2) is 39.8 Å². The molecule has 0 spiro atoms. The van der Waals surface area contributed by atoms with Crippen molar-refractivity contribution < 1.29 is 23.8 Å². The molecule has 3 atom stereocenters. The third kappa shape index (κ3) is 3.62. The fourth-order valence-corrected chi connectivity index (χ4v) is 2.69. The van der Waals surface area contributed by atoms with Crippen molar-refractivity contribution in [2.75, 3.05) is 6.54 Å². The van der Waals surface area contributed by atoms with Crippen LogP contribution in [0.5, 0.6) is 0 Å². The standard InChI is InChI=1S/C16H21F2NO3/c1-9(2)15(21)7-16(22)19-8-11(20)6-14(19)12-5-10(17)3-4-13(12)18/h3-5,9,11,14-15,20-21H,6-8H2,1-2H3. The molecule has 1 aliphatic rings. The lowest BCUT2D eigenvalue weighted by Gasteiger charge is -2.27. The van der Waals surface area contributed by atoms with Gasteiger partial charge in [0.1, 0.15) is 11.6 Å². The number of benzene rings is 1. The largest absolute Gasteiger partial charge is 0.392 e. The smallest absolute Gasteiger partial charge is 0.225 e. The normalized spacial score (nSPS) is 23.1. The van der Waals surface area contributed by atoms with Crippen LogP contribution in [0.4, 0.5) is 8.78 Å². The summed E-state index contributed by atoms with van der Waals surface area (Å²) in [5.74, 6) is -1.65. The molecule has 1 aliphatic heterocycles. The van der Waals surface area contributed by atoms with Crippen LogP contribution in [0, 0.1) is 17.6 Å². The molecule has 3 unspecified atom stereocenters. The van der Waals surface area contributed by atoms with Crippen molar-refractivity contribution in [1.29, 1.82) is 0 Å². The molecule has 2 N–H and O–H groups in total. The van der Waals surface area contributed by atoms with Crippen LogP contribution in [-0.2, 0) is 4.79 Å². The van der Waals surface area contributed by atoms with Crippen molar-refractivity contribution >= 4 is 5.91 Å². The third-order valence-electron chi connectivity index (χ3n) is 4.07. The average Bonchev–Trinajstić information content (AvgIpc) is 2.83. The topological polar surface area (TPSA) is 60.8 Å². The van der Waals surface area contributed by atoms with E-state index in [0.29, 0.717) is 0 Å². The summed E-state index contributed by atoms with van der Waals surface area (Å²) < 4.78 is 27.3. The van der Waals surface area contributed by atoms with Crippen LogP contribution in [0.3, 0.4) is 0 Å². The number of hydrogen-bond acceptors (Lipinski definition) is 3. The number of carbonyl (C=O) groups is 1. The van der Waals surface area contributed by atoms with Gasteiger partial charge >= 0.3 is 0 Å². The van der Waals surface area contributed by atoms with Gasteiger partial charge in [0.15, 0.2) is 0 Å². The molecule has 1 aromatic carbocycles. The number of rotatable bonds is 4. The molecule has 0 aliphatic carbocycles. The fourth-order valence-electron chi connectivity index (χ4n) is 2.69. The van der Waals surface area contributed by atoms with Gasteiger partial charge in [0, 0.05) is 12.1 Å². The number of nitrogens with zero attached hydrogens (tertiary/aromatic N) is 1. The van der Waals surface area contributed by atoms with E-state index in [4.69, 9.17) is 0 Å². The molecule has 22 heavy (non-hydrogen) atoms. The first-order valence-corrected chi connectivity index (χ1v) is 7.40. The first-order chi connectivity index (χ1) is 10.3. The lowest BCUT2D eigenvalue weighted by Crippen LogP contribution is -2.35. The maximum Gasteiger partial charge on any atom is 0.225 e. The van der Waals surface area contributed by atoms with Crippen molar-refractivity contribution in [2.24, 2.45) is 5.92 Å². The summed E-state index contributed by atoms with van der Waals surface area (Å²) in [7, 11) is 0. The van der Waals surface area contributed by atoms with E-state index in [1.165, 1.54) is 4.90 Å². The summed E-state index contributed by atoms with van der Waals surface area (Å²) in [5.41, 5.74) is 0.0592. The second-order valence-corrected chi connectivity index (χ2v) is 6.13. The molecule has 1 amide bonds. The molecular weight excluding hydrogens is 292 g/mol. The van der Waals surface area contributed by atoms with Gasteiger partial charge in [-0.2, -0.15) is 0 Å². The second-order valence-electron chi connectivity index (χ2n) is 6.13. The summed E-state index contributed by atoms with van der Waals surface area (Å²) in [6, 6.07) is 2.37. The maximum atomic E-state index is 13.9. The zero-order valence-electron chi connectivity index (χ0n) is 12.7. The summed E-state index contributed by atoms with van der Waals surface area (Å²) in [6.07, 6.45) is -1.53. The quantitative estimate of drug-likeness (QED) is 0.894. The Balaban J connectivity index is 2.22. The summed E-state index contributed by atoms with van der Waals surface area (Å²) in [6.45, 7) is 3.64. The minimum Gasteiger partial charge on any atom is -0.392 e. The summed E-state index contributed by atoms with van der Waals surface area (Å²) in [5, 5.41) is 19.6. The highest BCUT2D eigenvalue weighted by molar-refractivity contribution is 5.77. The van der Waals surface area contributed by atoms with E-state index in [2.05, 4.69) is 0 Å². The molecular formula is C16H21F2NO3. The minimum atomic E-state index is -0.803. The van der Waals surface area contributed by atoms with Crippen LogP contribution in [0.25, 0.3) is 0 Å². The van der Waals surface area contributed by atoms with Crippen molar-refractivity contribution in [3.05, 3.63) is 35.4 Å². The molecule has 122 valence electrons. The molecule has 6 heteroatoms. The van der Waals surface area contributed by atoms with E-state index < -0.39 is 29.9 Å². The number of aliphatic hydroxyl groups excluding tert-OH is 2. The molecule has 1 aromatic rings. The van der Waals surface area contributed by atoms with Crippen molar-refractivity contribution in [2.45, 2.75) is 44.9 Å². The van der Waals surface area contributed by atoms with Crippen LogP contribution < -0.4 is 0 Å². The number of hydrogen-bond donors (Lipinski definition) is 2. The van der Waals surface area contributed by atoms with Gasteiger partial charge in [0.05, 0.1) is 24.7 Å². The maximum absolute atomic E-state index is 13.9. The number of carbonyl (C=O) groups excluding carboxylic acids is 1. The molecule has 0 radical (unpaired) electrons. The third-order valence-corrected chi connectivity index (χ3v) is 4.07. The highest BCUT2D eigenvalue weighted by Crippen LogP contribution is 2.34. The van der Waals surface area contributed by atoms with Gasteiger partial charge in [-0.25, -0.2) is 8.78 Å². The Hall–Kier alpha value is -1.53. The Morgan fingerprint density at radius 3 is 2.73 bits per heavy atom. The molecule has 0 bridgehead atoms. The van der Waals surface area contributed by atoms with Gasteiger partial charge in [-0.1, -0.05) is 13.8 Å². The van der Waals surface area contributed by atoms with Crippen LogP contribution >= 0.6 is 0 Å². The number of halogens is 2. The van der Waals surface area contributed by atoms with E-state index in [1.54, 1.807) is 13.8 Å². The first kappa shape index (κ1) is 16.8. The average molecular weight is 313 g/mol. The molecule has 4 nitrogen and oxygen atoms in total. The predicted octanol–water partition coefficient (Wildman–Crippen LogP) is 2.01. The zero-order valence-corrected chi connectivity index (χ0v) is 12.7. The Bertz CT molecular complexity index is 550. The van der Waals surface area contributed by atoms with E-state index in [9.17, 15) is 23.8 Å². The van der Waals surface area contributed by atoms with Crippen molar-refractivity contribution in [3.63, 3.8) is 0 Å². The van der Waals surface area contributed by atoms with E-state index in [1.807, 2.05) is 0 Å². The van der Waals surface area contributed by atoms with Crippen molar-refractivity contribution in [1.82, 2.24) is 4.90 Å². The van der Waals surface area contributed by atoms with Gasteiger partial charge in [-0.05, 0) is 30.5 Å². The Labute approximate surface area is 128 Å². The van der Waals surface area contributed by atoms with E-state index in [0.717, 1.165) is 18.2 Å². The predicted molar refractivity (Wildman–Crippen MR) is 76.9 cm³/mol. The van der Waals surface area contributed by atoms with Crippen molar-refractivity contribution in [3.8, 4) is 0 Å². The molecule has 0 saturated carbocycles. The number of amides is 1. The van der Waals surface area contributed by atoms with Gasteiger partial charge in [-0.15, -0.1) is 0 Å². The zero-order chi connectivity index (χ0) is 16.4. The summed E-state index contributed by atoms with van der Waals surface area (Å²) in [4.78, 5) is 13.7. The highest BCUT2D eigenvalue weighted by Gasteiger charge is 2.37. The monoisotopic (exact) mass is 313 g/mol. The number of aliphatic hydroxyl groups is 2. The SMILES string of the molecule is CC(C)C(O)CC(=O)N1CC(O)CC1c1cc(F)ccc1F. The van der Waals surface area contributed by atoms with Gasteiger partial charge in [0.25, 0.3) is 0 Å². The van der Waals surface area contributed by atoms with Crippen LogP contribution in [0.15, 0.2) is 18.2 Å². The first-order valence-electron chi connectivity index (χ1n) is 7.40. The number of likely N-dealkylation sites (tertiary alicyclic amines) is 1. The lowest BCUT2D eigenvalue weighted by atomic mass is 10.0. The fraction of sp³-hybridized carbons (Fsp3) is 0.562. The molecule has 1 fully saturated rings. The van der Waals surface area contributed by atoms with Gasteiger partial charge < -0.3 is 15.1 Å². The highest BCUT2D eigenvalue weighted by atomic mass is 19.1. The Morgan fingerprint density at radius 2 is 2.09 bits per heavy atom. The number of β-amino-alcohol motifs (C(OH)–C–C–N with tert-alkyl or cyclic N) is 1. The van der Waals surface area contributed by atoms with E-state index >= 15 is 0 Å². The van der Waals surface area contributed by atoms with E-state index in [-0.39, 0.29) is 36.8 Å². The molecule has 2 rings (SSSR count). The second kappa shape index (κ2) is 6.71. The Morgan fingerprint density at radius 1 is 1.41 bits per heavy atom. The summed E-state index contributed by atoms with van der Waals surface area (Å²) >= 11 is 0. The molecule has 0 aromatic heterocycles. The van der Waals surface area contributed by atoms with Crippen LogP contribution in [0.1, 0.15) is 38.3 Å². The molecule has 1 heterocycles. The Kier molecular flexibility index (Phi) is 5.13. The van der Waals surface area contributed by atoms with Gasteiger partial charge in [-0.3, -0.25) is 4.79 Å². The minimum absolute atomic E-state index is 0.0592. The van der Waals surface area contributed by atoms with Crippen LogP contribution in [0.2, 0.25) is 0 Å².